The van der Waals surface area contributed by atoms with Crippen LogP contribution in [0.2, 0.25) is 0 Å². The Balaban J connectivity index is 2.59. The molecule has 0 fully saturated rings. The third-order valence-electron chi connectivity index (χ3n) is 3.56. The van der Waals surface area contributed by atoms with Crippen LogP contribution in [0.3, 0.4) is 0 Å². The standard InChI is InChI=1S/C21H25N3O6/c1-20(2,3)29-18(25)23(19(26)30-21(4,5)6)16-10-9-14(12-17(16)24(27)28)15-8-7-11-22-13-15/h7-13H,1-6H3. The summed E-state index contributed by atoms with van der Waals surface area (Å²) in [7, 11) is 0. The van der Waals surface area contributed by atoms with Crippen molar-refractivity contribution in [2.75, 3.05) is 4.90 Å². The van der Waals surface area contributed by atoms with E-state index in [1.165, 1.54) is 12.1 Å². The van der Waals surface area contributed by atoms with E-state index in [0.29, 0.717) is 16.0 Å². The Kier molecular flexibility index (Phi) is 6.44. The van der Waals surface area contributed by atoms with Crippen LogP contribution in [0, 0.1) is 10.1 Å². The van der Waals surface area contributed by atoms with E-state index in [-0.39, 0.29) is 5.69 Å². The van der Waals surface area contributed by atoms with Crippen molar-refractivity contribution < 1.29 is 24.0 Å². The Morgan fingerprint density at radius 2 is 1.53 bits per heavy atom. The molecule has 2 amide bonds. The molecule has 1 aromatic carbocycles. The predicted octanol–water partition coefficient (Wildman–Crippen LogP) is 5.33. The molecule has 0 aliphatic carbocycles. The van der Waals surface area contributed by atoms with Crippen molar-refractivity contribution in [1.29, 1.82) is 0 Å². The summed E-state index contributed by atoms with van der Waals surface area (Å²) in [6.45, 7) is 9.74. The summed E-state index contributed by atoms with van der Waals surface area (Å²) in [5.74, 6) is 0. The lowest BCUT2D eigenvalue weighted by molar-refractivity contribution is -0.384. The van der Waals surface area contributed by atoms with Crippen molar-refractivity contribution in [3.8, 4) is 11.1 Å². The first kappa shape index (κ1) is 22.8. The lowest BCUT2D eigenvalue weighted by atomic mass is 10.1. The van der Waals surface area contributed by atoms with Gasteiger partial charge in [0.05, 0.1) is 4.92 Å². The third kappa shape index (κ3) is 6.00. The molecule has 0 unspecified atom stereocenters. The van der Waals surface area contributed by atoms with Crippen molar-refractivity contribution in [3.05, 3.63) is 52.8 Å². The van der Waals surface area contributed by atoms with Crippen molar-refractivity contribution in [3.63, 3.8) is 0 Å². The number of ether oxygens (including phenoxy) is 2. The van der Waals surface area contributed by atoms with Crippen LogP contribution in [0.25, 0.3) is 11.1 Å². The second kappa shape index (κ2) is 8.48. The van der Waals surface area contributed by atoms with Crippen LogP contribution in [0.5, 0.6) is 0 Å². The van der Waals surface area contributed by atoms with Gasteiger partial charge in [-0.3, -0.25) is 15.1 Å². The maximum absolute atomic E-state index is 12.8. The SMILES string of the molecule is CC(C)(C)OC(=O)N(C(=O)OC(C)(C)C)c1ccc(-c2cccnc2)cc1[N+](=O)[O-]. The van der Waals surface area contributed by atoms with Gasteiger partial charge in [0.25, 0.3) is 5.69 Å². The average Bonchev–Trinajstić information content (AvgIpc) is 2.59. The summed E-state index contributed by atoms with van der Waals surface area (Å²) in [4.78, 5) is 41.2. The fourth-order valence-corrected chi connectivity index (χ4v) is 2.46. The van der Waals surface area contributed by atoms with E-state index in [0.717, 1.165) is 0 Å². The van der Waals surface area contributed by atoms with Gasteiger partial charge in [0, 0.05) is 24.0 Å². The van der Waals surface area contributed by atoms with Crippen molar-refractivity contribution in [2.45, 2.75) is 52.7 Å². The Morgan fingerprint density at radius 1 is 0.967 bits per heavy atom. The van der Waals surface area contributed by atoms with Gasteiger partial charge in [-0.15, -0.1) is 0 Å². The van der Waals surface area contributed by atoms with Crippen LogP contribution in [-0.2, 0) is 9.47 Å². The molecule has 0 saturated heterocycles. The van der Waals surface area contributed by atoms with Crippen LogP contribution < -0.4 is 4.90 Å². The molecule has 2 aromatic rings. The predicted molar refractivity (Wildman–Crippen MR) is 111 cm³/mol. The molecule has 0 aliphatic rings. The number of nitro benzene ring substituents is 1. The number of carbonyl (C=O) groups is 2. The van der Waals surface area contributed by atoms with Crippen LogP contribution in [-0.4, -0.2) is 33.3 Å². The van der Waals surface area contributed by atoms with Gasteiger partial charge in [-0.25, -0.2) is 9.59 Å². The topological polar surface area (TPSA) is 112 Å². The zero-order chi connectivity index (χ0) is 22.7. The number of carbonyl (C=O) groups excluding carboxylic acids is 2. The minimum Gasteiger partial charge on any atom is -0.443 e. The number of hydrogen-bond acceptors (Lipinski definition) is 7. The highest BCUT2D eigenvalue weighted by atomic mass is 16.6. The molecule has 1 aromatic heterocycles. The summed E-state index contributed by atoms with van der Waals surface area (Å²) in [6.07, 6.45) is 0.986. The highest BCUT2D eigenvalue weighted by Crippen LogP contribution is 2.34. The molecule has 160 valence electrons. The number of anilines is 1. The van der Waals surface area contributed by atoms with Crippen LogP contribution in [0.4, 0.5) is 21.0 Å². The highest BCUT2D eigenvalue weighted by Gasteiger charge is 2.36. The first-order valence-corrected chi connectivity index (χ1v) is 9.23. The van der Waals surface area contributed by atoms with Gasteiger partial charge in [0.2, 0.25) is 0 Å². The lowest BCUT2D eigenvalue weighted by Gasteiger charge is -2.28. The number of aromatic nitrogens is 1. The van der Waals surface area contributed by atoms with Crippen LogP contribution >= 0.6 is 0 Å². The zero-order valence-corrected chi connectivity index (χ0v) is 17.8. The molecule has 0 radical (unpaired) electrons. The minimum atomic E-state index is -1.08. The van der Waals surface area contributed by atoms with Crippen molar-refractivity contribution in [2.24, 2.45) is 0 Å². The molecule has 0 aliphatic heterocycles. The van der Waals surface area contributed by atoms with E-state index in [1.807, 2.05) is 0 Å². The molecule has 30 heavy (non-hydrogen) atoms. The number of nitro groups is 1. The second-order valence-corrected chi connectivity index (χ2v) is 8.50. The maximum Gasteiger partial charge on any atom is 0.424 e. The Labute approximate surface area is 174 Å². The quantitative estimate of drug-likeness (QED) is 0.491. The van der Waals surface area contributed by atoms with Gasteiger partial charge < -0.3 is 9.47 Å². The normalized spacial score (nSPS) is 11.5. The van der Waals surface area contributed by atoms with Crippen molar-refractivity contribution >= 4 is 23.6 Å². The summed E-state index contributed by atoms with van der Waals surface area (Å²) in [6, 6.07) is 7.58. The van der Waals surface area contributed by atoms with E-state index in [1.54, 1.807) is 72.1 Å². The Morgan fingerprint density at radius 3 is 1.97 bits per heavy atom. The summed E-state index contributed by atoms with van der Waals surface area (Å²) >= 11 is 0. The molecule has 0 spiro atoms. The first-order valence-electron chi connectivity index (χ1n) is 9.23. The molecule has 0 N–H and O–H groups in total. The summed E-state index contributed by atoms with van der Waals surface area (Å²) in [5, 5.41) is 11.8. The monoisotopic (exact) mass is 415 g/mol. The molecule has 1 heterocycles. The van der Waals surface area contributed by atoms with Gasteiger partial charge in [0.15, 0.2) is 0 Å². The number of nitrogens with zero attached hydrogens (tertiary/aromatic N) is 3. The van der Waals surface area contributed by atoms with Gasteiger partial charge >= 0.3 is 12.2 Å². The second-order valence-electron chi connectivity index (χ2n) is 8.50. The van der Waals surface area contributed by atoms with E-state index >= 15 is 0 Å². The maximum atomic E-state index is 12.8. The van der Waals surface area contributed by atoms with Gasteiger partial charge in [-0.1, -0.05) is 12.1 Å². The fraction of sp³-hybridized carbons (Fsp3) is 0.381. The zero-order valence-electron chi connectivity index (χ0n) is 17.8. The number of hydrogen-bond donors (Lipinski definition) is 0. The average molecular weight is 415 g/mol. The van der Waals surface area contributed by atoms with Gasteiger partial charge in [-0.2, -0.15) is 4.90 Å². The molecule has 0 atom stereocenters. The molecular weight excluding hydrogens is 390 g/mol. The largest absolute Gasteiger partial charge is 0.443 e. The van der Waals surface area contributed by atoms with Gasteiger partial charge in [-0.05, 0) is 59.2 Å². The number of pyridine rings is 1. The lowest BCUT2D eigenvalue weighted by Crippen LogP contribution is -2.44. The summed E-state index contributed by atoms with van der Waals surface area (Å²) < 4.78 is 10.6. The molecule has 0 saturated carbocycles. The number of benzene rings is 1. The third-order valence-corrected chi connectivity index (χ3v) is 3.56. The van der Waals surface area contributed by atoms with E-state index in [9.17, 15) is 19.7 Å². The Bertz CT molecular complexity index is 917. The number of rotatable bonds is 3. The highest BCUT2D eigenvalue weighted by molar-refractivity contribution is 6.11. The fourth-order valence-electron chi connectivity index (χ4n) is 2.46. The molecule has 2 rings (SSSR count). The van der Waals surface area contributed by atoms with Crippen molar-refractivity contribution in [1.82, 2.24) is 4.98 Å². The number of amides is 2. The number of imide groups is 1. The van der Waals surface area contributed by atoms with Crippen LogP contribution in [0.15, 0.2) is 42.7 Å². The molecule has 9 heteroatoms. The van der Waals surface area contributed by atoms with E-state index in [2.05, 4.69) is 4.98 Å². The van der Waals surface area contributed by atoms with Gasteiger partial charge in [0.1, 0.15) is 16.9 Å². The molecule has 9 nitrogen and oxygen atoms in total. The minimum absolute atomic E-state index is 0.254. The molecule has 0 bridgehead atoms. The van der Waals surface area contributed by atoms with E-state index < -0.39 is 34.0 Å². The Hall–Kier alpha value is -3.49. The van der Waals surface area contributed by atoms with E-state index in [4.69, 9.17) is 9.47 Å². The summed E-state index contributed by atoms with van der Waals surface area (Å²) in [5.41, 5.74) is -1.41. The smallest absolute Gasteiger partial charge is 0.424 e. The first-order chi connectivity index (χ1) is 13.8. The van der Waals surface area contributed by atoms with Crippen LogP contribution in [0.1, 0.15) is 41.5 Å². The molecular formula is C21H25N3O6.